The Labute approximate surface area is 201 Å². The largest absolute Gasteiger partial charge is 0.507 e. The number of nitrogens with one attached hydrogen (secondary N) is 1. The van der Waals surface area contributed by atoms with Crippen molar-refractivity contribution in [3.63, 3.8) is 0 Å². The maximum Gasteiger partial charge on any atom is 0.312 e. The lowest BCUT2D eigenvalue weighted by atomic mass is 9.91. The molecule has 1 saturated carbocycles. The molecule has 0 saturated heterocycles. The average Bonchev–Trinajstić information content (AvgIpc) is 2.71. The van der Waals surface area contributed by atoms with Gasteiger partial charge in [0.05, 0.1) is 15.8 Å². The highest BCUT2D eigenvalue weighted by molar-refractivity contribution is 7.91. The van der Waals surface area contributed by atoms with Gasteiger partial charge in [-0.05, 0) is 43.0 Å². The molecule has 1 fully saturated rings. The molecule has 0 atom stereocenters. The standard InChI is InChI=1S/C22H23Cl2NO7S/c23-16-8-14(25-20(27)11-21(28)29)9-17(24)22(16)32-15-6-7-18(26)19(10-15)33(30,31)12-13-4-2-1-3-5-13/h6-10,13,26H,1-5,11-12H2,(H,25,27)(H,28,29). The van der Waals surface area contributed by atoms with Crippen molar-refractivity contribution in [2.45, 2.75) is 43.4 Å². The number of hydrogen-bond donors (Lipinski definition) is 3. The SMILES string of the molecule is O=C(O)CC(=O)Nc1cc(Cl)c(Oc2ccc(O)c(S(=O)(=O)CC3CCCCC3)c2)c(Cl)c1. The Morgan fingerprint density at radius 3 is 2.30 bits per heavy atom. The molecule has 1 aliphatic rings. The molecule has 8 nitrogen and oxygen atoms in total. The van der Waals surface area contributed by atoms with E-state index in [4.69, 9.17) is 33.0 Å². The molecule has 2 aromatic carbocycles. The van der Waals surface area contributed by atoms with E-state index in [9.17, 15) is 23.1 Å². The van der Waals surface area contributed by atoms with Crippen LogP contribution >= 0.6 is 23.2 Å². The van der Waals surface area contributed by atoms with Crippen LogP contribution in [0.4, 0.5) is 5.69 Å². The third kappa shape index (κ3) is 6.75. The normalized spacial score (nSPS) is 14.6. The van der Waals surface area contributed by atoms with Gasteiger partial charge >= 0.3 is 5.97 Å². The second-order valence-corrected chi connectivity index (χ2v) is 10.7. The fourth-order valence-electron chi connectivity index (χ4n) is 3.75. The number of carbonyl (C=O) groups is 2. The van der Waals surface area contributed by atoms with Crippen LogP contribution in [-0.2, 0) is 19.4 Å². The lowest BCUT2D eigenvalue weighted by molar-refractivity contribution is -0.139. The second-order valence-electron chi connectivity index (χ2n) is 7.90. The summed E-state index contributed by atoms with van der Waals surface area (Å²) >= 11 is 12.4. The molecule has 0 spiro atoms. The van der Waals surface area contributed by atoms with Gasteiger partial charge in [0.25, 0.3) is 0 Å². The smallest absolute Gasteiger partial charge is 0.312 e. The van der Waals surface area contributed by atoms with Gasteiger partial charge in [-0.3, -0.25) is 9.59 Å². The minimum atomic E-state index is -3.75. The number of amides is 1. The van der Waals surface area contributed by atoms with Gasteiger partial charge in [-0.15, -0.1) is 0 Å². The van der Waals surface area contributed by atoms with Crippen LogP contribution in [0, 0.1) is 5.92 Å². The van der Waals surface area contributed by atoms with E-state index < -0.39 is 28.1 Å². The molecule has 3 N–H and O–H groups in total. The zero-order chi connectivity index (χ0) is 24.2. The van der Waals surface area contributed by atoms with Crippen LogP contribution in [0.5, 0.6) is 17.2 Å². The fraction of sp³-hybridized carbons (Fsp3) is 0.364. The van der Waals surface area contributed by atoms with Crippen LogP contribution in [0.15, 0.2) is 35.2 Å². The van der Waals surface area contributed by atoms with Gasteiger partial charge in [0, 0.05) is 11.8 Å². The van der Waals surface area contributed by atoms with E-state index in [1.54, 1.807) is 0 Å². The van der Waals surface area contributed by atoms with Crippen molar-refractivity contribution in [2.24, 2.45) is 5.92 Å². The molecule has 178 valence electrons. The van der Waals surface area contributed by atoms with Crippen molar-refractivity contribution in [1.29, 1.82) is 0 Å². The molecule has 0 aliphatic heterocycles. The summed E-state index contributed by atoms with van der Waals surface area (Å²) in [6, 6.07) is 6.48. The number of rotatable bonds is 8. The predicted octanol–water partition coefficient (Wildman–Crippen LogP) is 5.26. The number of anilines is 1. The van der Waals surface area contributed by atoms with E-state index in [1.807, 2.05) is 0 Å². The zero-order valence-corrected chi connectivity index (χ0v) is 19.8. The summed E-state index contributed by atoms with van der Waals surface area (Å²) in [6.45, 7) is 0. The number of carboxylic acid groups (broad SMARTS) is 1. The molecule has 1 aliphatic carbocycles. The van der Waals surface area contributed by atoms with Crippen molar-refractivity contribution in [3.05, 3.63) is 40.4 Å². The lowest BCUT2D eigenvalue weighted by Gasteiger charge is -2.21. The van der Waals surface area contributed by atoms with Gasteiger partial charge in [-0.2, -0.15) is 0 Å². The van der Waals surface area contributed by atoms with Gasteiger partial charge in [-0.1, -0.05) is 42.5 Å². The van der Waals surface area contributed by atoms with Gasteiger partial charge < -0.3 is 20.3 Å². The number of ether oxygens (including phenoxy) is 1. The van der Waals surface area contributed by atoms with E-state index in [0.717, 1.165) is 32.1 Å². The highest BCUT2D eigenvalue weighted by Gasteiger charge is 2.26. The quantitative estimate of drug-likeness (QED) is 0.408. The van der Waals surface area contributed by atoms with Crippen molar-refractivity contribution >= 4 is 50.6 Å². The van der Waals surface area contributed by atoms with Gasteiger partial charge in [0.2, 0.25) is 5.91 Å². The zero-order valence-electron chi connectivity index (χ0n) is 17.5. The van der Waals surface area contributed by atoms with Crippen LogP contribution in [0.1, 0.15) is 38.5 Å². The van der Waals surface area contributed by atoms with Gasteiger partial charge in [-0.25, -0.2) is 8.42 Å². The molecule has 2 aromatic rings. The van der Waals surface area contributed by atoms with Crippen molar-refractivity contribution in [2.75, 3.05) is 11.1 Å². The predicted molar refractivity (Wildman–Crippen MR) is 124 cm³/mol. The number of carboxylic acids is 1. The molecule has 0 heterocycles. The molecular formula is C22H23Cl2NO7S. The van der Waals surface area contributed by atoms with E-state index >= 15 is 0 Å². The number of hydrogen-bond acceptors (Lipinski definition) is 6. The van der Waals surface area contributed by atoms with Gasteiger partial charge in [0.15, 0.2) is 15.6 Å². The van der Waals surface area contributed by atoms with Crippen LogP contribution in [-0.4, -0.2) is 36.3 Å². The maximum absolute atomic E-state index is 12.9. The van der Waals surface area contributed by atoms with Gasteiger partial charge in [0.1, 0.15) is 22.8 Å². The van der Waals surface area contributed by atoms with Crippen LogP contribution < -0.4 is 10.1 Å². The molecular weight excluding hydrogens is 493 g/mol. The molecule has 1 amide bonds. The van der Waals surface area contributed by atoms with Crippen molar-refractivity contribution < 1.29 is 33.0 Å². The molecule has 0 unspecified atom stereocenters. The Balaban J connectivity index is 1.81. The highest BCUT2D eigenvalue weighted by Crippen LogP contribution is 2.40. The third-order valence-corrected chi connectivity index (χ3v) is 7.73. The number of halogens is 2. The van der Waals surface area contributed by atoms with E-state index in [0.29, 0.717) is 0 Å². The molecule has 0 radical (unpaired) electrons. The van der Waals surface area contributed by atoms with E-state index in [-0.39, 0.29) is 49.5 Å². The maximum atomic E-state index is 12.9. The first kappa shape index (κ1) is 25.1. The molecule has 11 heteroatoms. The summed E-state index contributed by atoms with van der Waals surface area (Å²) in [7, 11) is -3.75. The minimum Gasteiger partial charge on any atom is -0.507 e. The van der Waals surface area contributed by atoms with Crippen LogP contribution in [0.2, 0.25) is 10.0 Å². The highest BCUT2D eigenvalue weighted by atomic mass is 35.5. The number of benzene rings is 2. The van der Waals surface area contributed by atoms with Crippen molar-refractivity contribution in [3.8, 4) is 17.2 Å². The monoisotopic (exact) mass is 515 g/mol. The molecule has 0 aromatic heterocycles. The number of aromatic hydroxyl groups is 1. The fourth-order valence-corrected chi connectivity index (χ4v) is 6.13. The minimum absolute atomic E-state index is 0.00723. The number of phenolic OH excluding ortho intramolecular Hbond substituents is 1. The lowest BCUT2D eigenvalue weighted by Crippen LogP contribution is -2.19. The number of phenols is 1. The van der Waals surface area contributed by atoms with E-state index in [2.05, 4.69) is 5.32 Å². The summed E-state index contributed by atoms with van der Waals surface area (Å²) in [5.41, 5.74) is 0.171. The summed E-state index contributed by atoms with van der Waals surface area (Å²) in [6.07, 6.45) is 4.07. The van der Waals surface area contributed by atoms with Crippen LogP contribution in [0.25, 0.3) is 0 Å². The van der Waals surface area contributed by atoms with Crippen LogP contribution in [0.3, 0.4) is 0 Å². The summed E-state index contributed by atoms with van der Waals surface area (Å²) in [5, 5.41) is 21.2. The molecule has 0 bridgehead atoms. The molecule has 3 rings (SSSR count). The summed E-state index contributed by atoms with van der Waals surface area (Å²) < 4.78 is 31.6. The Morgan fingerprint density at radius 1 is 1.06 bits per heavy atom. The summed E-state index contributed by atoms with van der Waals surface area (Å²) in [5.74, 6) is -2.29. The Bertz CT molecular complexity index is 1140. The topological polar surface area (TPSA) is 130 Å². The number of aliphatic carboxylic acids is 1. The second kappa shape index (κ2) is 10.6. The number of carbonyl (C=O) groups excluding carboxylic acids is 1. The average molecular weight is 516 g/mol. The Hall–Kier alpha value is -2.49. The third-order valence-electron chi connectivity index (χ3n) is 5.26. The van der Waals surface area contributed by atoms with Crippen molar-refractivity contribution in [1.82, 2.24) is 0 Å². The first-order valence-corrected chi connectivity index (χ1v) is 12.7. The Kier molecular flexibility index (Phi) is 8.10. The first-order valence-electron chi connectivity index (χ1n) is 10.3. The van der Waals surface area contributed by atoms with E-state index in [1.165, 1.54) is 30.3 Å². The molecule has 33 heavy (non-hydrogen) atoms. The Morgan fingerprint density at radius 2 is 1.70 bits per heavy atom. The first-order chi connectivity index (χ1) is 15.5. The number of sulfone groups is 1. The summed E-state index contributed by atoms with van der Waals surface area (Å²) in [4.78, 5) is 22.0.